The minimum absolute atomic E-state index is 0.0796. The van der Waals surface area contributed by atoms with E-state index in [4.69, 9.17) is 4.74 Å². The minimum Gasteiger partial charge on any atom is -0.545 e. The van der Waals surface area contributed by atoms with Crippen LogP contribution >= 0.6 is 0 Å². The van der Waals surface area contributed by atoms with Gasteiger partial charge in [0, 0.05) is 6.54 Å². The second kappa shape index (κ2) is 7.41. The van der Waals surface area contributed by atoms with Crippen LogP contribution in [0, 0.1) is 5.82 Å². The Labute approximate surface area is 138 Å². The van der Waals surface area contributed by atoms with E-state index in [-0.39, 0.29) is 6.54 Å². The van der Waals surface area contributed by atoms with Crippen LogP contribution in [0.2, 0.25) is 0 Å². The fourth-order valence-corrected chi connectivity index (χ4v) is 3.08. The van der Waals surface area contributed by atoms with Gasteiger partial charge >= 0.3 is 0 Å². The first-order chi connectivity index (χ1) is 11.3. The van der Waals surface area contributed by atoms with Crippen LogP contribution in [0.3, 0.4) is 0 Å². The summed E-state index contributed by atoms with van der Waals surface area (Å²) in [5, 5.41) is 10.8. The fourth-order valence-electron chi connectivity index (χ4n) is 1.96. The largest absolute Gasteiger partial charge is 0.545 e. The highest BCUT2D eigenvalue weighted by molar-refractivity contribution is 7.89. The van der Waals surface area contributed by atoms with Crippen molar-refractivity contribution in [3.05, 3.63) is 59.4 Å². The third kappa shape index (κ3) is 4.30. The second-order valence-electron chi connectivity index (χ2n) is 4.83. The molecule has 0 aliphatic rings. The first-order valence-electron chi connectivity index (χ1n) is 7.06. The predicted octanol–water partition coefficient (Wildman–Crippen LogP) is 1.07. The summed E-state index contributed by atoms with van der Waals surface area (Å²) >= 11 is 0. The van der Waals surface area contributed by atoms with Crippen molar-refractivity contribution in [2.45, 2.75) is 18.4 Å². The maximum atomic E-state index is 13.7. The molecule has 0 heterocycles. The Hall–Kier alpha value is -2.45. The zero-order chi connectivity index (χ0) is 17.7. The number of aromatic carboxylic acids is 1. The summed E-state index contributed by atoms with van der Waals surface area (Å²) in [5.41, 5.74) is 0.219. The summed E-state index contributed by atoms with van der Waals surface area (Å²) in [7, 11) is -4.21. The van der Waals surface area contributed by atoms with Crippen LogP contribution in [0.15, 0.2) is 47.4 Å². The van der Waals surface area contributed by atoms with Gasteiger partial charge in [0.2, 0.25) is 10.0 Å². The van der Waals surface area contributed by atoms with Gasteiger partial charge in [-0.15, -0.1) is 0 Å². The third-order valence-electron chi connectivity index (χ3n) is 3.16. The molecule has 2 aromatic carbocycles. The molecule has 24 heavy (non-hydrogen) atoms. The van der Waals surface area contributed by atoms with Gasteiger partial charge in [0.1, 0.15) is 16.5 Å². The van der Waals surface area contributed by atoms with Gasteiger partial charge in [0.25, 0.3) is 0 Å². The van der Waals surface area contributed by atoms with Crippen molar-refractivity contribution in [3.8, 4) is 5.75 Å². The average Bonchev–Trinajstić information content (AvgIpc) is 2.54. The standard InChI is InChI=1S/C16H16FNO5S/c1-2-23-13-6-3-11(4-7-13)10-18-24(21,22)15-9-12(16(19)20)5-8-14(15)17/h3-9,18H,2,10H2,1H3,(H,19,20)/p-1. The summed E-state index contributed by atoms with van der Waals surface area (Å²) < 4.78 is 45.6. The highest BCUT2D eigenvalue weighted by Crippen LogP contribution is 2.17. The van der Waals surface area contributed by atoms with Gasteiger partial charge in [0.05, 0.1) is 12.6 Å². The molecule has 0 saturated heterocycles. The van der Waals surface area contributed by atoms with Crippen LogP contribution in [-0.2, 0) is 16.6 Å². The molecular formula is C16H15FNO5S-. The summed E-state index contributed by atoms with van der Waals surface area (Å²) in [6.07, 6.45) is 0. The Kier molecular flexibility index (Phi) is 5.53. The molecular weight excluding hydrogens is 337 g/mol. The van der Waals surface area contributed by atoms with Crippen molar-refractivity contribution < 1.29 is 27.4 Å². The second-order valence-corrected chi connectivity index (χ2v) is 6.57. The Morgan fingerprint density at radius 3 is 2.46 bits per heavy atom. The molecule has 0 bridgehead atoms. The number of carboxylic acids is 1. The number of carbonyl (C=O) groups excluding carboxylic acids is 1. The molecule has 0 unspecified atom stereocenters. The highest BCUT2D eigenvalue weighted by Gasteiger charge is 2.19. The zero-order valence-electron chi connectivity index (χ0n) is 12.8. The first-order valence-corrected chi connectivity index (χ1v) is 8.54. The van der Waals surface area contributed by atoms with Gasteiger partial charge < -0.3 is 14.6 Å². The number of halogens is 1. The molecule has 1 N–H and O–H groups in total. The van der Waals surface area contributed by atoms with E-state index < -0.39 is 32.3 Å². The van der Waals surface area contributed by atoms with E-state index in [0.717, 1.165) is 18.2 Å². The summed E-state index contributed by atoms with van der Waals surface area (Å²) in [4.78, 5) is 10.1. The monoisotopic (exact) mass is 352 g/mol. The summed E-state index contributed by atoms with van der Waals surface area (Å²) in [6, 6.07) is 9.15. The fraction of sp³-hybridized carbons (Fsp3) is 0.188. The number of hydrogen-bond donors (Lipinski definition) is 1. The van der Waals surface area contributed by atoms with Crippen LogP contribution in [0.1, 0.15) is 22.8 Å². The number of carbonyl (C=O) groups is 1. The summed E-state index contributed by atoms with van der Waals surface area (Å²) in [5.74, 6) is -1.98. The van der Waals surface area contributed by atoms with E-state index in [0.29, 0.717) is 17.9 Å². The molecule has 0 spiro atoms. The molecule has 0 amide bonds. The molecule has 128 valence electrons. The SMILES string of the molecule is CCOc1ccc(CNS(=O)(=O)c2cc(C(=O)[O-])ccc2F)cc1. The normalized spacial score (nSPS) is 11.2. The minimum atomic E-state index is -4.21. The van der Waals surface area contributed by atoms with Crippen molar-refractivity contribution in [2.75, 3.05) is 6.61 Å². The van der Waals surface area contributed by atoms with E-state index in [9.17, 15) is 22.7 Å². The molecule has 0 aliphatic carbocycles. The Bertz CT molecular complexity index is 834. The van der Waals surface area contributed by atoms with Crippen LogP contribution in [0.5, 0.6) is 5.75 Å². The lowest BCUT2D eigenvalue weighted by molar-refractivity contribution is -0.255. The highest BCUT2D eigenvalue weighted by atomic mass is 32.2. The van der Waals surface area contributed by atoms with E-state index in [1.165, 1.54) is 0 Å². The molecule has 0 fully saturated rings. The predicted molar refractivity (Wildman–Crippen MR) is 82.4 cm³/mol. The molecule has 0 atom stereocenters. The molecule has 2 rings (SSSR count). The summed E-state index contributed by atoms with van der Waals surface area (Å²) in [6.45, 7) is 2.28. The topological polar surface area (TPSA) is 95.5 Å². The van der Waals surface area contributed by atoms with Gasteiger partial charge in [-0.1, -0.05) is 18.2 Å². The average molecular weight is 352 g/mol. The lowest BCUT2D eigenvalue weighted by atomic mass is 10.2. The van der Waals surface area contributed by atoms with Crippen LogP contribution in [0.4, 0.5) is 4.39 Å². The van der Waals surface area contributed by atoms with E-state index in [1.54, 1.807) is 24.3 Å². The van der Waals surface area contributed by atoms with Crippen molar-refractivity contribution in [2.24, 2.45) is 0 Å². The number of benzene rings is 2. The van der Waals surface area contributed by atoms with Gasteiger partial charge in [-0.2, -0.15) is 0 Å². The Morgan fingerprint density at radius 2 is 1.88 bits per heavy atom. The van der Waals surface area contributed by atoms with Gasteiger partial charge in [-0.3, -0.25) is 0 Å². The zero-order valence-corrected chi connectivity index (χ0v) is 13.6. The van der Waals surface area contributed by atoms with Crippen molar-refractivity contribution >= 4 is 16.0 Å². The molecule has 6 nitrogen and oxygen atoms in total. The number of carboxylic acid groups (broad SMARTS) is 1. The maximum absolute atomic E-state index is 13.7. The number of rotatable bonds is 7. The van der Waals surface area contributed by atoms with E-state index in [2.05, 4.69) is 4.72 Å². The first kappa shape index (κ1) is 17.9. The van der Waals surface area contributed by atoms with E-state index in [1.807, 2.05) is 6.92 Å². The lowest BCUT2D eigenvalue weighted by Crippen LogP contribution is -2.26. The number of nitrogens with one attached hydrogen (secondary N) is 1. The van der Waals surface area contributed by atoms with Gasteiger partial charge in [0.15, 0.2) is 0 Å². The van der Waals surface area contributed by atoms with Crippen molar-refractivity contribution in [1.29, 1.82) is 0 Å². The van der Waals surface area contributed by atoms with Crippen LogP contribution < -0.4 is 14.6 Å². The maximum Gasteiger partial charge on any atom is 0.243 e. The molecule has 0 saturated carbocycles. The number of hydrogen-bond acceptors (Lipinski definition) is 5. The molecule has 0 radical (unpaired) electrons. The number of ether oxygens (including phenoxy) is 1. The van der Waals surface area contributed by atoms with Gasteiger partial charge in [-0.25, -0.2) is 17.5 Å². The molecule has 0 aromatic heterocycles. The van der Waals surface area contributed by atoms with Crippen LogP contribution in [-0.4, -0.2) is 21.0 Å². The number of sulfonamides is 1. The van der Waals surface area contributed by atoms with Crippen molar-refractivity contribution in [3.63, 3.8) is 0 Å². The smallest absolute Gasteiger partial charge is 0.243 e. The molecule has 0 aliphatic heterocycles. The quantitative estimate of drug-likeness (QED) is 0.804. The third-order valence-corrected chi connectivity index (χ3v) is 4.57. The Balaban J connectivity index is 2.16. The van der Waals surface area contributed by atoms with Gasteiger partial charge in [-0.05, 0) is 42.3 Å². The van der Waals surface area contributed by atoms with E-state index >= 15 is 0 Å². The Morgan fingerprint density at radius 1 is 1.21 bits per heavy atom. The lowest BCUT2D eigenvalue weighted by Gasteiger charge is -2.10. The molecule has 2 aromatic rings. The van der Waals surface area contributed by atoms with Crippen LogP contribution in [0.25, 0.3) is 0 Å². The van der Waals surface area contributed by atoms with Crippen molar-refractivity contribution in [1.82, 2.24) is 4.72 Å². The molecule has 8 heteroatoms.